The Morgan fingerprint density at radius 2 is 1.81 bits per heavy atom. The molecule has 0 heterocycles. The summed E-state index contributed by atoms with van der Waals surface area (Å²) in [4.78, 5) is 22.8. The van der Waals surface area contributed by atoms with Crippen LogP contribution in [0.25, 0.3) is 0 Å². The molecule has 0 radical (unpaired) electrons. The number of carbonyl (C=O) groups is 2. The lowest BCUT2D eigenvalue weighted by molar-refractivity contribution is -0.147. The van der Waals surface area contributed by atoms with Crippen LogP contribution in [0.4, 0.5) is 4.79 Å². The molecule has 1 unspecified atom stereocenters. The van der Waals surface area contributed by atoms with E-state index in [-0.39, 0.29) is 12.6 Å². The fourth-order valence-electron chi connectivity index (χ4n) is 2.70. The third-order valence-electron chi connectivity index (χ3n) is 4.91. The van der Waals surface area contributed by atoms with Gasteiger partial charge in [0, 0.05) is 13.1 Å². The first-order chi connectivity index (χ1) is 9.87. The molecular weight excluding hydrogens is 268 g/mol. The number of amides is 2. The molecule has 2 amide bonds. The second kappa shape index (κ2) is 8.25. The van der Waals surface area contributed by atoms with Crippen LogP contribution in [0.2, 0.25) is 0 Å². The van der Waals surface area contributed by atoms with Gasteiger partial charge in [-0.3, -0.25) is 4.79 Å². The van der Waals surface area contributed by atoms with E-state index in [4.69, 9.17) is 5.11 Å². The summed E-state index contributed by atoms with van der Waals surface area (Å²) in [5, 5.41) is 14.6. The fraction of sp³-hybridized carbons (Fsp3) is 0.875. The number of aliphatic carboxylic acids is 1. The van der Waals surface area contributed by atoms with E-state index in [1.54, 1.807) is 6.92 Å². The van der Waals surface area contributed by atoms with Gasteiger partial charge in [-0.1, -0.05) is 39.5 Å². The van der Waals surface area contributed by atoms with Crippen molar-refractivity contribution in [1.29, 1.82) is 0 Å². The lowest BCUT2D eigenvalue weighted by Gasteiger charge is -2.26. The Bertz CT molecular complexity index is 351. The smallest absolute Gasteiger partial charge is 0.314 e. The van der Waals surface area contributed by atoms with Crippen LogP contribution in [-0.2, 0) is 4.79 Å². The normalized spacial score (nSPS) is 24.9. The molecule has 0 spiro atoms. The first kappa shape index (κ1) is 17.8. The van der Waals surface area contributed by atoms with Crippen molar-refractivity contribution in [3.63, 3.8) is 0 Å². The Hall–Kier alpha value is -1.26. The zero-order valence-corrected chi connectivity index (χ0v) is 13.6. The van der Waals surface area contributed by atoms with Crippen molar-refractivity contribution in [2.75, 3.05) is 13.1 Å². The molecule has 0 aromatic rings. The molecule has 1 atom stereocenters. The minimum absolute atomic E-state index is 0.158. The molecule has 122 valence electrons. The van der Waals surface area contributed by atoms with Crippen LogP contribution in [0.15, 0.2) is 0 Å². The van der Waals surface area contributed by atoms with Crippen molar-refractivity contribution in [2.45, 2.75) is 59.3 Å². The van der Waals surface area contributed by atoms with Gasteiger partial charge in [-0.15, -0.1) is 0 Å². The van der Waals surface area contributed by atoms with Crippen molar-refractivity contribution in [1.82, 2.24) is 10.6 Å². The molecule has 1 aliphatic rings. The maximum absolute atomic E-state index is 11.7. The topological polar surface area (TPSA) is 78.4 Å². The van der Waals surface area contributed by atoms with Gasteiger partial charge in [-0.05, 0) is 31.6 Å². The molecule has 1 saturated carbocycles. The van der Waals surface area contributed by atoms with E-state index in [9.17, 15) is 9.59 Å². The average molecular weight is 298 g/mol. The molecule has 1 fully saturated rings. The molecule has 0 aliphatic heterocycles. The monoisotopic (exact) mass is 298 g/mol. The molecule has 5 nitrogen and oxygen atoms in total. The first-order valence-electron chi connectivity index (χ1n) is 8.12. The number of hydrogen-bond acceptors (Lipinski definition) is 2. The predicted molar refractivity (Wildman–Crippen MR) is 83.2 cm³/mol. The van der Waals surface area contributed by atoms with Crippen molar-refractivity contribution in [2.24, 2.45) is 17.3 Å². The van der Waals surface area contributed by atoms with Crippen molar-refractivity contribution in [3.8, 4) is 0 Å². The Kier molecular flexibility index (Phi) is 6.99. The summed E-state index contributed by atoms with van der Waals surface area (Å²) in [6.07, 6.45) is 6.62. The molecule has 0 aromatic carbocycles. The highest BCUT2D eigenvalue weighted by atomic mass is 16.4. The minimum Gasteiger partial charge on any atom is -0.481 e. The highest BCUT2D eigenvalue weighted by Gasteiger charge is 2.31. The van der Waals surface area contributed by atoms with Gasteiger partial charge in [0.15, 0.2) is 0 Å². The summed E-state index contributed by atoms with van der Waals surface area (Å²) in [6.45, 7) is 6.60. The van der Waals surface area contributed by atoms with Crippen LogP contribution in [-0.4, -0.2) is 30.2 Å². The molecule has 1 aliphatic carbocycles. The number of nitrogens with one attached hydrogen (secondary N) is 2. The van der Waals surface area contributed by atoms with Gasteiger partial charge in [0.05, 0.1) is 5.41 Å². The van der Waals surface area contributed by atoms with E-state index >= 15 is 0 Å². The van der Waals surface area contributed by atoms with Gasteiger partial charge in [-0.25, -0.2) is 4.79 Å². The number of carboxylic acids is 1. The summed E-state index contributed by atoms with van der Waals surface area (Å²) in [5.74, 6) is 0.698. The third kappa shape index (κ3) is 5.94. The molecule has 0 bridgehead atoms. The van der Waals surface area contributed by atoms with E-state index in [1.807, 2.05) is 6.92 Å². The molecule has 21 heavy (non-hydrogen) atoms. The first-order valence-corrected chi connectivity index (χ1v) is 8.12. The molecule has 0 saturated heterocycles. The van der Waals surface area contributed by atoms with Crippen LogP contribution in [0.1, 0.15) is 59.3 Å². The second-order valence-electron chi connectivity index (χ2n) is 6.74. The van der Waals surface area contributed by atoms with Crippen LogP contribution in [0, 0.1) is 17.3 Å². The Morgan fingerprint density at radius 3 is 2.33 bits per heavy atom. The minimum atomic E-state index is -0.892. The van der Waals surface area contributed by atoms with E-state index < -0.39 is 11.4 Å². The zero-order valence-electron chi connectivity index (χ0n) is 13.6. The van der Waals surface area contributed by atoms with Gasteiger partial charge in [-0.2, -0.15) is 0 Å². The standard InChI is InChI=1S/C16H30N2O3/c1-4-16(3,14(19)20)11-18-15(21)17-10-9-13-7-5-12(2)6-8-13/h12-13H,4-11H2,1-3H3,(H,19,20)(H2,17,18,21). The Morgan fingerprint density at radius 1 is 1.19 bits per heavy atom. The number of hydrogen-bond donors (Lipinski definition) is 3. The molecule has 0 aromatic heterocycles. The third-order valence-corrected chi connectivity index (χ3v) is 4.91. The fourth-order valence-corrected chi connectivity index (χ4v) is 2.70. The van der Waals surface area contributed by atoms with Crippen LogP contribution in [0.5, 0.6) is 0 Å². The second-order valence-corrected chi connectivity index (χ2v) is 6.74. The maximum Gasteiger partial charge on any atom is 0.314 e. The summed E-state index contributed by atoms with van der Waals surface area (Å²) in [6, 6.07) is -0.264. The lowest BCUT2D eigenvalue weighted by atomic mass is 9.81. The SMILES string of the molecule is CCC(C)(CNC(=O)NCCC1CCC(C)CC1)C(=O)O. The Labute approximate surface area is 127 Å². The van der Waals surface area contributed by atoms with Crippen LogP contribution in [0.3, 0.4) is 0 Å². The highest BCUT2D eigenvalue weighted by Crippen LogP contribution is 2.29. The van der Waals surface area contributed by atoms with Gasteiger partial charge in [0.25, 0.3) is 0 Å². The average Bonchev–Trinajstić information content (AvgIpc) is 2.46. The van der Waals surface area contributed by atoms with Gasteiger partial charge in [0.2, 0.25) is 0 Å². The quantitative estimate of drug-likeness (QED) is 0.676. The van der Waals surface area contributed by atoms with Crippen molar-refractivity contribution in [3.05, 3.63) is 0 Å². The largest absolute Gasteiger partial charge is 0.481 e. The maximum atomic E-state index is 11.7. The highest BCUT2D eigenvalue weighted by molar-refractivity contribution is 5.77. The molecular formula is C16H30N2O3. The predicted octanol–water partition coefficient (Wildman–Crippen LogP) is 3.00. The van der Waals surface area contributed by atoms with Crippen LogP contribution < -0.4 is 10.6 Å². The van der Waals surface area contributed by atoms with Gasteiger partial charge < -0.3 is 15.7 Å². The number of carboxylic acid groups (broad SMARTS) is 1. The van der Waals surface area contributed by atoms with E-state index in [0.717, 1.165) is 18.3 Å². The van der Waals surface area contributed by atoms with Crippen molar-refractivity contribution >= 4 is 12.0 Å². The molecule has 1 rings (SSSR count). The van der Waals surface area contributed by atoms with Crippen LogP contribution >= 0.6 is 0 Å². The number of urea groups is 1. The molecule has 3 N–H and O–H groups in total. The Balaban J connectivity index is 2.18. The summed E-state index contributed by atoms with van der Waals surface area (Å²) in [7, 11) is 0. The number of carbonyl (C=O) groups excluding carboxylic acids is 1. The zero-order chi connectivity index (χ0) is 15.9. The van der Waals surface area contributed by atoms with E-state index in [0.29, 0.717) is 13.0 Å². The van der Waals surface area contributed by atoms with E-state index in [1.165, 1.54) is 25.7 Å². The van der Waals surface area contributed by atoms with Gasteiger partial charge >= 0.3 is 12.0 Å². The van der Waals surface area contributed by atoms with E-state index in [2.05, 4.69) is 17.6 Å². The summed E-state index contributed by atoms with van der Waals surface area (Å²) >= 11 is 0. The summed E-state index contributed by atoms with van der Waals surface area (Å²) in [5.41, 5.74) is -0.892. The van der Waals surface area contributed by atoms with Gasteiger partial charge in [0.1, 0.15) is 0 Å². The number of rotatable bonds is 7. The van der Waals surface area contributed by atoms with Crippen molar-refractivity contribution < 1.29 is 14.7 Å². The lowest BCUT2D eigenvalue weighted by Crippen LogP contribution is -2.45. The summed E-state index contributed by atoms with van der Waals surface area (Å²) < 4.78 is 0. The molecule has 5 heteroatoms.